The third-order valence-corrected chi connectivity index (χ3v) is 4.28. The Labute approximate surface area is 131 Å². The Hall–Kier alpha value is -2.54. The van der Waals surface area contributed by atoms with Gasteiger partial charge in [-0.3, -0.25) is 4.79 Å². The van der Waals surface area contributed by atoms with E-state index in [1.165, 1.54) is 0 Å². The molecule has 2 bridgehead atoms. The average Bonchev–Trinajstić information content (AvgIpc) is 3.15. The number of anilines is 1. The zero-order chi connectivity index (χ0) is 16.0. The van der Waals surface area contributed by atoms with Crippen molar-refractivity contribution in [2.45, 2.75) is 12.2 Å². The fourth-order valence-electron chi connectivity index (χ4n) is 3.25. The third kappa shape index (κ3) is 2.33. The predicted molar refractivity (Wildman–Crippen MR) is 75.8 cm³/mol. The number of benzene rings is 1. The molecule has 4 atom stereocenters. The molecule has 1 amide bonds. The number of rotatable bonds is 3. The zero-order valence-electron chi connectivity index (χ0n) is 12.1. The number of aliphatic carboxylic acids is 1. The van der Waals surface area contributed by atoms with Crippen molar-refractivity contribution in [3.05, 3.63) is 30.4 Å². The Kier molecular flexibility index (Phi) is 3.23. The van der Waals surface area contributed by atoms with Gasteiger partial charge in [0.1, 0.15) is 13.2 Å². The van der Waals surface area contributed by atoms with E-state index in [-0.39, 0.29) is 0 Å². The smallest absolute Gasteiger partial charge is 0.231 e. The van der Waals surface area contributed by atoms with Crippen LogP contribution in [0.2, 0.25) is 0 Å². The van der Waals surface area contributed by atoms with E-state index in [1.54, 1.807) is 30.4 Å². The highest BCUT2D eigenvalue weighted by Gasteiger charge is 2.50. The summed E-state index contributed by atoms with van der Waals surface area (Å²) in [6, 6.07) is 5.05. The molecular formula is C16H14NO6-. The van der Waals surface area contributed by atoms with E-state index in [0.717, 1.165) is 0 Å². The molecule has 0 saturated carbocycles. The van der Waals surface area contributed by atoms with E-state index < -0.39 is 35.9 Å². The second kappa shape index (κ2) is 5.27. The van der Waals surface area contributed by atoms with Crippen LogP contribution in [0.25, 0.3) is 0 Å². The van der Waals surface area contributed by atoms with Crippen molar-refractivity contribution >= 4 is 17.6 Å². The Morgan fingerprint density at radius 1 is 1.04 bits per heavy atom. The summed E-state index contributed by atoms with van der Waals surface area (Å²) in [5.74, 6) is -2.29. The van der Waals surface area contributed by atoms with Crippen LogP contribution in [0, 0.1) is 11.8 Å². The molecule has 3 aliphatic heterocycles. The van der Waals surface area contributed by atoms with Crippen molar-refractivity contribution in [3.8, 4) is 11.5 Å². The standard InChI is InChI=1S/C16H15NO6/c18-15(13-10-3-4-11(23-10)14(13)16(19)20)17-8-1-2-9-12(7-8)22-6-5-21-9/h1-4,7,10-11,13-14H,5-6H2,(H,17,18)(H,19,20)/p-1. The van der Waals surface area contributed by atoms with Gasteiger partial charge in [-0.05, 0) is 12.1 Å². The number of amides is 1. The maximum absolute atomic E-state index is 12.5. The van der Waals surface area contributed by atoms with E-state index in [9.17, 15) is 14.7 Å². The lowest BCUT2D eigenvalue weighted by Gasteiger charge is -2.25. The Balaban J connectivity index is 1.54. The highest BCUT2D eigenvalue weighted by Crippen LogP contribution is 2.40. The number of carbonyl (C=O) groups is 2. The number of hydrogen-bond donors (Lipinski definition) is 1. The lowest BCUT2D eigenvalue weighted by molar-refractivity contribution is -0.313. The van der Waals surface area contributed by atoms with Crippen molar-refractivity contribution < 1.29 is 28.9 Å². The fourth-order valence-corrected chi connectivity index (χ4v) is 3.25. The molecule has 0 radical (unpaired) electrons. The average molecular weight is 316 g/mol. The molecule has 1 N–H and O–H groups in total. The van der Waals surface area contributed by atoms with Crippen LogP contribution in [0.15, 0.2) is 30.4 Å². The molecule has 1 fully saturated rings. The summed E-state index contributed by atoms with van der Waals surface area (Å²) in [5.41, 5.74) is 0.517. The van der Waals surface area contributed by atoms with Gasteiger partial charge in [0.2, 0.25) is 5.91 Å². The molecule has 1 aromatic rings. The van der Waals surface area contributed by atoms with E-state index >= 15 is 0 Å². The summed E-state index contributed by atoms with van der Waals surface area (Å²) in [6.45, 7) is 0.934. The molecule has 23 heavy (non-hydrogen) atoms. The molecular weight excluding hydrogens is 302 g/mol. The first-order chi connectivity index (χ1) is 11.1. The van der Waals surface area contributed by atoms with Crippen LogP contribution in [0.1, 0.15) is 0 Å². The van der Waals surface area contributed by atoms with Gasteiger partial charge in [0, 0.05) is 23.6 Å². The maximum Gasteiger partial charge on any atom is 0.231 e. The molecule has 3 heterocycles. The summed E-state index contributed by atoms with van der Waals surface area (Å²) in [5, 5.41) is 14.0. The van der Waals surface area contributed by atoms with Crippen LogP contribution in [0.4, 0.5) is 5.69 Å². The van der Waals surface area contributed by atoms with Crippen LogP contribution in [0.5, 0.6) is 11.5 Å². The van der Waals surface area contributed by atoms with Crippen LogP contribution in [-0.4, -0.2) is 37.3 Å². The summed E-state index contributed by atoms with van der Waals surface area (Å²) in [7, 11) is 0. The number of fused-ring (bicyclic) bond motifs is 3. The van der Waals surface area contributed by atoms with Crippen molar-refractivity contribution in [2.75, 3.05) is 18.5 Å². The molecule has 4 unspecified atom stereocenters. The van der Waals surface area contributed by atoms with Crippen LogP contribution in [-0.2, 0) is 14.3 Å². The Morgan fingerprint density at radius 3 is 2.48 bits per heavy atom. The van der Waals surface area contributed by atoms with Gasteiger partial charge >= 0.3 is 0 Å². The topological polar surface area (TPSA) is 96.9 Å². The number of carbonyl (C=O) groups excluding carboxylic acids is 2. The molecule has 7 heteroatoms. The Bertz CT molecular complexity index is 700. The first kappa shape index (κ1) is 14.1. The number of nitrogens with one attached hydrogen (secondary N) is 1. The van der Waals surface area contributed by atoms with E-state index in [2.05, 4.69) is 5.32 Å². The van der Waals surface area contributed by atoms with Crippen LogP contribution in [0.3, 0.4) is 0 Å². The summed E-state index contributed by atoms with van der Waals surface area (Å²) < 4.78 is 16.4. The van der Waals surface area contributed by atoms with Gasteiger partial charge in [-0.15, -0.1) is 0 Å². The van der Waals surface area contributed by atoms with Crippen molar-refractivity contribution in [1.82, 2.24) is 0 Å². The first-order valence-corrected chi connectivity index (χ1v) is 7.38. The molecule has 7 nitrogen and oxygen atoms in total. The van der Waals surface area contributed by atoms with Crippen molar-refractivity contribution in [3.63, 3.8) is 0 Å². The normalized spacial score (nSPS) is 30.3. The third-order valence-electron chi connectivity index (χ3n) is 4.28. The van der Waals surface area contributed by atoms with Crippen molar-refractivity contribution in [1.29, 1.82) is 0 Å². The van der Waals surface area contributed by atoms with Gasteiger partial charge in [-0.1, -0.05) is 12.2 Å². The van der Waals surface area contributed by atoms with Crippen LogP contribution >= 0.6 is 0 Å². The molecule has 120 valence electrons. The largest absolute Gasteiger partial charge is 0.550 e. The monoisotopic (exact) mass is 316 g/mol. The number of carboxylic acids is 1. The lowest BCUT2D eigenvalue weighted by Crippen LogP contribution is -2.45. The molecule has 0 spiro atoms. The second-order valence-corrected chi connectivity index (χ2v) is 5.67. The number of hydrogen-bond acceptors (Lipinski definition) is 6. The Morgan fingerprint density at radius 2 is 1.74 bits per heavy atom. The lowest BCUT2D eigenvalue weighted by atomic mass is 9.82. The van der Waals surface area contributed by atoms with E-state index in [0.29, 0.717) is 30.4 Å². The molecule has 3 aliphatic rings. The van der Waals surface area contributed by atoms with E-state index in [4.69, 9.17) is 14.2 Å². The van der Waals surface area contributed by atoms with Gasteiger partial charge in [0.15, 0.2) is 11.5 Å². The molecule has 1 aromatic carbocycles. The second-order valence-electron chi connectivity index (χ2n) is 5.67. The van der Waals surface area contributed by atoms with Gasteiger partial charge in [-0.25, -0.2) is 0 Å². The molecule has 0 aromatic heterocycles. The minimum atomic E-state index is -1.27. The van der Waals surface area contributed by atoms with Crippen molar-refractivity contribution in [2.24, 2.45) is 11.8 Å². The predicted octanol–water partition coefficient (Wildman–Crippen LogP) is -0.284. The highest BCUT2D eigenvalue weighted by molar-refractivity contribution is 5.96. The van der Waals surface area contributed by atoms with Gasteiger partial charge in [0.25, 0.3) is 0 Å². The van der Waals surface area contributed by atoms with Gasteiger partial charge < -0.3 is 29.4 Å². The summed E-state index contributed by atoms with van der Waals surface area (Å²) in [6.07, 6.45) is 2.26. The van der Waals surface area contributed by atoms with Gasteiger partial charge in [-0.2, -0.15) is 0 Å². The quantitative estimate of drug-likeness (QED) is 0.770. The number of carboxylic acid groups (broad SMARTS) is 1. The highest BCUT2D eigenvalue weighted by atomic mass is 16.6. The van der Waals surface area contributed by atoms with E-state index in [1.807, 2.05) is 0 Å². The number of ether oxygens (including phenoxy) is 3. The zero-order valence-corrected chi connectivity index (χ0v) is 12.1. The summed E-state index contributed by atoms with van der Waals surface area (Å²) >= 11 is 0. The first-order valence-electron chi connectivity index (χ1n) is 7.38. The summed E-state index contributed by atoms with van der Waals surface area (Å²) in [4.78, 5) is 23.8. The fraction of sp³-hybridized carbons (Fsp3) is 0.375. The van der Waals surface area contributed by atoms with Crippen LogP contribution < -0.4 is 19.9 Å². The molecule has 4 rings (SSSR count). The maximum atomic E-state index is 12.5. The molecule has 1 saturated heterocycles. The SMILES string of the molecule is O=C([O-])C1C2C=CC(O2)C1C(=O)Nc1ccc2c(c1)OCCO2. The molecule has 0 aliphatic carbocycles. The minimum absolute atomic E-state index is 0.410. The van der Waals surface area contributed by atoms with Gasteiger partial charge in [0.05, 0.1) is 18.1 Å². The minimum Gasteiger partial charge on any atom is -0.550 e.